The highest BCUT2D eigenvalue weighted by Gasteiger charge is 2.36. The van der Waals surface area contributed by atoms with Gasteiger partial charge in [0.1, 0.15) is 26.4 Å². The Balaban J connectivity index is 2.19. The lowest BCUT2D eigenvalue weighted by molar-refractivity contribution is 0.339. The van der Waals surface area contributed by atoms with E-state index in [-0.39, 0.29) is 88.6 Å². The molecule has 0 fully saturated rings. The van der Waals surface area contributed by atoms with Crippen LogP contribution < -0.4 is 18.9 Å². The summed E-state index contributed by atoms with van der Waals surface area (Å²) in [5, 5.41) is 0. The smallest absolute Gasteiger partial charge is 0.152 e. The van der Waals surface area contributed by atoms with Gasteiger partial charge in [-0.2, -0.15) is 0 Å². The van der Waals surface area contributed by atoms with Gasteiger partial charge in [-0.1, -0.05) is 134 Å². The van der Waals surface area contributed by atoms with Crippen molar-refractivity contribution in [3.63, 3.8) is 0 Å². The van der Waals surface area contributed by atoms with Crippen LogP contribution in [0.5, 0.6) is 23.0 Å². The second-order valence-electron chi connectivity index (χ2n) is 19.7. The Kier molecular flexibility index (Phi) is 15.5. The number of hydrogen-bond donors (Lipinski definition) is 0. The number of benzene rings is 4. The average Bonchev–Trinajstić information content (AvgIpc) is 3.22. The molecule has 8 bridgehead atoms. The highest BCUT2D eigenvalue weighted by Crippen LogP contribution is 2.49. The van der Waals surface area contributed by atoms with Crippen molar-refractivity contribution in [1.29, 1.82) is 0 Å². The van der Waals surface area contributed by atoms with Gasteiger partial charge >= 0.3 is 0 Å². The Morgan fingerprint density at radius 1 is 0.344 bits per heavy atom. The maximum absolute atomic E-state index is 15.9. The maximum atomic E-state index is 15.9. The highest BCUT2D eigenvalue weighted by molar-refractivity contribution is 7.87. The quantitative estimate of drug-likeness (QED) is 0.114. The van der Waals surface area contributed by atoms with Crippen LogP contribution in [0.3, 0.4) is 0 Å². The molecule has 0 saturated carbocycles. The molecule has 8 nitrogen and oxygen atoms in total. The molecule has 0 spiro atoms. The molecule has 1 aliphatic rings. The Bertz CT molecular complexity index is 2130. The Labute approximate surface area is 391 Å². The van der Waals surface area contributed by atoms with Crippen molar-refractivity contribution >= 4 is 43.2 Å². The molecular weight excluding hydrogens is 881 g/mol. The molecule has 1 heterocycles. The molecule has 64 heavy (non-hydrogen) atoms. The molecule has 0 aliphatic carbocycles. The Morgan fingerprint density at radius 2 is 0.484 bits per heavy atom. The van der Waals surface area contributed by atoms with E-state index in [2.05, 4.69) is 26.3 Å². The van der Waals surface area contributed by atoms with Gasteiger partial charge in [0.25, 0.3) is 0 Å². The van der Waals surface area contributed by atoms with Crippen molar-refractivity contribution in [2.75, 3.05) is 26.4 Å². The van der Waals surface area contributed by atoms with Gasteiger partial charge < -0.3 is 18.9 Å². The largest absolute Gasteiger partial charge is 0.487 e. The van der Waals surface area contributed by atoms with Gasteiger partial charge in [-0.05, 0) is 92.4 Å². The van der Waals surface area contributed by atoms with Crippen LogP contribution in [-0.4, -0.2) is 43.3 Å². The van der Waals surface area contributed by atoms with Crippen LogP contribution in [0.1, 0.15) is 105 Å². The van der Waals surface area contributed by atoms with E-state index < -0.39 is 64.9 Å². The summed E-state index contributed by atoms with van der Waals surface area (Å²) < 4.78 is 89.4. The Hall–Kier alpha value is -4.36. The fraction of sp³-hybridized carbons (Fsp3) is 0.385. The lowest BCUT2D eigenvalue weighted by atomic mass is 9.87. The molecule has 0 aromatic heterocycles. The molecule has 0 atom stereocenters. The summed E-state index contributed by atoms with van der Waals surface area (Å²) in [6.45, 7) is 39.7. The van der Waals surface area contributed by atoms with E-state index in [0.29, 0.717) is 0 Å². The van der Waals surface area contributed by atoms with Crippen LogP contribution in [0.2, 0.25) is 0 Å². The monoisotopic (exact) mass is 944 g/mol. The molecule has 0 N–H and O–H groups in total. The molecule has 5 rings (SSSR count). The highest BCUT2D eigenvalue weighted by atomic mass is 32.2. The zero-order chi connectivity index (χ0) is 47.7. The summed E-state index contributed by atoms with van der Waals surface area (Å²) in [5.74, 6) is 0.477. The molecule has 4 aromatic rings. The molecule has 0 unspecified atom stereocenters. The lowest BCUT2D eigenvalue weighted by Gasteiger charge is -2.28. The second-order valence-corrected chi connectivity index (χ2v) is 25.3. The van der Waals surface area contributed by atoms with Crippen LogP contribution in [0.25, 0.3) is 0 Å². The first-order valence-corrected chi connectivity index (χ1v) is 25.8. The van der Waals surface area contributed by atoms with E-state index in [1.807, 2.05) is 132 Å². The summed E-state index contributed by atoms with van der Waals surface area (Å²) in [7, 11) is -8.46. The SMILES string of the molecule is C=CCOc1c2cc(C(C)(C)C)cc1S(=O)c1cc(C(C)(C)C)cc(c1OCC=C)S(=O)c1cc(C(C)(C)C)cc(c1OCC=C)S(=O)c1cc(C(C)(C)C)cc(c1OCC=C)S2=O. The summed E-state index contributed by atoms with van der Waals surface area (Å²) in [6.07, 6.45) is 6.26. The van der Waals surface area contributed by atoms with E-state index in [9.17, 15) is 0 Å². The molecule has 4 aromatic carbocycles. The first-order valence-electron chi connectivity index (χ1n) is 21.2. The summed E-state index contributed by atoms with van der Waals surface area (Å²) >= 11 is 0. The molecule has 0 saturated heterocycles. The number of fused-ring (bicyclic) bond motifs is 8. The minimum Gasteiger partial charge on any atom is -0.487 e. The van der Waals surface area contributed by atoms with Gasteiger partial charge in [0.05, 0.1) is 82.4 Å². The van der Waals surface area contributed by atoms with E-state index in [1.165, 1.54) is 0 Å². The van der Waals surface area contributed by atoms with Crippen molar-refractivity contribution in [2.24, 2.45) is 0 Å². The number of rotatable bonds is 12. The lowest BCUT2D eigenvalue weighted by Crippen LogP contribution is -2.19. The van der Waals surface area contributed by atoms with Crippen LogP contribution in [0, 0.1) is 0 Å². The van der Waals surface area contributed by atoms with E-state index >= 15 is 16.8 Å². The van der Waals surface area contributed by atoms with Crippen molar-refractivity contribution in [2.45, 2.75) is 144 Å². The van der Waals surface area contributed by atoms with Gasteiger partial charge in [0.2, 0.25) is 0 Å². The van der Waals surface area contributed by atoms with Crippen molar-refractivity contribution in [3.8, 4) is 23.0 Å². The standard InChI is InChI=1S/C52H64O8S4/c1-17-21-57-45-37-25-33(49(5,6)7)26-38(45)62(54)40-28-35(51(11,12)13)30-42(47(40)59-23-19-3)64(56)44-32-36(52(14,15)16)31-43(48(44)60-24-20-4)63(55)41-29-34(50(8,9)10)27-39(61(37)53)46(41)58-22-18-2/h17-20,25-32H,1-4,21-24H2,5-16H3. The normalized spacial score (nSPS) is 17.8. The third kappa shape index (κ3) is 10.7. The van der Waals surface area contributed by atoms with Crippen LogP contribution in [0.15, 0.2) is 138 Å². The van der Waals surface area contributed by atoms with Crippen molar-refractivity contribution in [1.82, 2.24) is 0 Å². The zero-order valence-electron chi connectivity index (χ0n) is 39.5. The van der Waals surface area contributed by atoms with E-state index in [1.54, 1.807) is 24.3 Å². The first-order chi connectivity index (χ1) is 29.8. The Morgan fingerprint density at radius 3 is 0.594 bits per heavy atom. The molecular formula is C52H64O8S4. The van der Waals surface area contributed by atoms with Gasteiger partial charge in [-0.3, -0.25) is 0 Å². The van der Waals surface area contributed by atoms with Gasteiger partial charge in [0.15, 0.2) is 23.0 Å². The third-order valence-electron chi connectivity index (χ3n) is 10.5. The number of ether oxygens (including phenoxy) is 4. The average molecular weight is 945 g/mol. The summed E-state index contributed by atoms with van der Waals surface area (Å²) in [4.78, 5) is 1.83. The van der Waals surface area contributed by atoms with Gasteiger partial charge in [0, 0.05) is 0 Å². The first kappa shape index (κ1) is 50.6. The number of hydrogen-bond acceptors (Lipinski definition) is 8. The summed E-state index contributed by atoms with van der Waals surface area (Å²) in [5.41, 5.74) is 0.791. The molecule has 12 heteroatoms. The topological polar surface area (TPSA) is 105 Å². The van der Waals surface area contributed by atoms with Crippen LogP contribution in [0.4, 0.5) is 0 Å². The van der Waals surface area contributed by atoms with Crippen molar-refractivity contribution in [3.05, 3.63) is 121 Å². The van der Waals surface area contributed by atoms with Crippen LogP contribution in [-0.2, 0) is 64.9 Å². The second kappa shape index (κ2) is 19.6. The molecule has 0 radical (unpaired) electrons. The fourth-order valence-electron chi connectivity index (χ4n) is 6.75. The predicted molar refractivity (Wildman–Crippen MR) is 262 cm³/mol. The minimum absolute atomic E-state index is 0.00422. The van der Waals surface area contributed by atoms with Gasteiger partial charge in [-0.15, -0.1) is 0 Å². The molecule has 1 aliphatic heterocycles. The predicted octanol–water partition coefficient (Wildman–Crippen LogP) is 12.1. The van der Waals surface area contributed by atoms with E-state index in [4.69, 9.17) is 18.9 Å². The third-order valence-corrected chi connectivity index (χ3v) is 16.1. The fourth-order valence-corrected chi connectivity index (χ4v) is 12.5. The van der Waals surface area contributed by atoms with Gasteiger partial charge in [-0.25, -0.2) is 16.8 Å². The minimum atomic E-state index is -2.11. The zero-order valence-corrected chi connectivity index (χ0v) is 42.8. The molecule has 0 amide bonds. The summed E-state index contributed by atoms with van der Waals surface area (Å²) in [6, 6.07) is 14.5. The maximum Gasteiger partial charge on any atom is 0.152 e. The molecule has 344 valence electrons. The van der Waals surface area contributed by atoms with Crippen molar-refractivity contribution < 1.29 is 35.8 Å². The van der Waals surface area contributed by atoms with E-state index in [0.717, 1.165) is 22.3 Å². The van der Waals surface area contributed by atoms with Crippen LogP contribution >= 0.6 is 0 Å².